The quantitative estimate of drug-likeness (QED) is 0.498. The van der Waals surface area contributed by atoms with Gasteiger partial charge in [-0.1, -0.05) is 43.4 Å². The van der Waals surface area contributed by atoms with Crippen LogP contribution in [0.4, 0.5) is 0 Å². The van der Waals surface area contributed by atoms with Gasteiger partial charge in [0.2, 0.25) is 0 Å². The first-order valence-electron chi connectivity index (χ1n) is 12.3. The monoisotopic (exact) mass is 456 g/mol. The number of hydrogen-bond acceptors (Lipinski definition) is 3. The molecule has 2 aromatic rings. The Morgan fingerprint density at radius 3 is 2.78 bits per heavy atom. The van der Waals surface area contributed by atoms with Crippen molar-refractivity contribution in [3.63, 3.8) is 0 Å². The van der Waals surface area contributed by atoms with Crippen LogP contribution in [0.5, 0.6) is 0 Å². The van der Waals surface area contributed by atoms with Crippen molar-refractivity contribution in [1.29, 1.82) is 0 Å². The van der Waals surface area contributed by atoms with E-state index < -0.39 is 0 Å². The topological polar surface area (TPSA) is 59.0 Å². The van der Waals surface area contributed by atoms with E-state index in [0.29, 0.717) is 16.0 Å². The number of hydrogen-bond donors (Lipinski definition) is 2. The third-order valence-electron chi connectivity index (χ3n) is 7.40. The molecular formula is C26H37ClN4O. The van der Waals surface area contributed by atoms with Crippen molar-refractivity contribution >= 4 is 17.5 Å². The summed E-state index contributed by atoms with van der Waals surface area (Å²) in [4.78, 5) is 17.3. The molecule has 6 heteroatoms. The van der Waals surface area contributed by atoms with Gasteiger partial charge < -0.3 is 15.2 Å². The summed E-state index contributed by atoms with van der Waals surface area (Å²) < 4.78 is 1.98. The number of nitrogens with zero attached hydrogens (tertiary/aromatic N) is 2. The van der Waals surface area contributed by atoms with E-state index in [1.165, 1.54) is 50.5 Å². The SMILES string of the molecule is Cn1cnc(CCNCCCc2ccc(Cl)c(C(=O)NCC34CCCC(CCC3)C4)c2)c1. The number of carbonyl (C=O) groups excluding carboxylic acids is 1. The minimum Gasteiger partial charge on any atom is -0.351 e. The van der Waals surface area contributed by atoms with Gasteiger partial charge in [0.15, 0.2) is 0 Å². The number of benzene rings is 1. The van der Waals surface area contributed by atoms with E-state index in [0.717, 1.165) is 50.5 Å². The number of fused-ring (bicyclic) bond motifs is 2. The summed E-state index contributed by atoms with van der Waals surface area (Å²) in [7, 11) is 1.99. The highest BCUT2D eigenvalue weighted by Crippen LogP contribution is 2.48. The zero-order chi connectivity index (χ0) is 22.4. The van der Waals surface area contributed by atoms with Gasteiger partial charge in [-0.25, -0.2) is 4.98 Å². The number of rotatable bonds is 10. The molecule has 2 aliphatic rings. The fraction of sp³-hybridized carbons (Fsp3) is 0.615. The van der Waals surface area contributed by atoms with E-state index in [2.05, 4.69) is 21.8 Å². The van der Waals surface area contributed by atoms with Gasteiger partial charge in [0.25, 0.3) is 5.91 Å². The normalized spacial score (nSPS) is 22.6. The van der Waals surface area contributed by atoms with Gasteiger partial charge in [0.05, 0.1) is 22.6 Å². The van der Waals surface area contributed by atoms with Crippen LogP contribution in [0, 0.1) is 11.3 Å². The van der Waals surface area contributed by atoms with Crippen molar-refractivity contribution in [3.05, 3.63) is 52.6 Å². The predicted octanol–water partition coefficient (Wildman–Crippen LogP) is 4.93. The van der Waals surface area contributed by atoms with Gasteiger partial charge in [0, 0.05) is 32.8 Å². The molecule has 32 heavy (non-hydrogen) atoms. The number of halogens is 1. The molecule has 2 saturated carbocycles. The molecule has 0 saturated heterocycles. The number of imidazole rings is 1. The van der Waals surface area contributed by atoms with E-state index in [1.807, 2.05) is 36.1 Å². The molecule has 174 valence electrons. The molecule has 0 unspecified atom stereocenters. The van der Waals surface area contributed by atoms with Crippen LogP contribution in [0.25, 0.3) is 0 Å². The van der Waals surface area contributed by atoms with Gasteiger partial charge >= 0.3 is 0 Å². The van der Waals surface area contributed by atoms with E-state index in [1.54, 1.807) is 0 Å². The zero-order valence-electron chi connectivity index (χ0n) is 19.3. The number of amides is 1. The summed E-state index contributed by atoms with van der Waals surface area (Å²) >= 11 is 6.40. The zero-order valence-corrected chi connectivity index (χ0v) is 20.1. The minimum atomic E-state index is -0.0209. The number of carbonyl (C=O) groups is 1. The van der Waals surface area contributed by atoms with Gasteiger partial charge in [-0.3, -0.25) is 4.79 Å². The molecule has 0 atom stereocenters. The van der Waals surface area contributed by atoms with Crippen LogP contribution in [-0.2, 0) is 19.9 Å². The second-order valence-corrected chi connectivity index (χ2v) is 10.4. The minimum absolute atomic E-state index is 0.0209. The average Bonchev–Trinajstić information content (AvgIpc) is 3.20. The standard InChI is InChI=1S/C26H37ClN4O/c1-31-17-22(30-19-31)10-14-28-13-4-7-20-8-9-24(27)23(15-20)25(32)29-18-26-11-2-5-21(16-26)6-3-12-26/h8-9,15,17,19,21,28H,2-7,10-14,16,18H2,1H3,(H,29,32). The predicted molar refractivity (Wildman–Crippen MR) is 130 cm³/mol. The number of aromatic nitrogens is 2. The Bertz CT molecular complexity index is 899. The lowest BCUT2D eigenvalue weighted by atomic mass is 9.62. The van der Waals surface area contributed by atoms with Crippen molar-refractivity contribution in [2.75, 3.05) is 19.6 Å². The van der Waals surface area contributed by atoms with Gasteiger partial charge in [-0.15, -0.1) is 0 Å². The maximum atomic E-state index is 13.0. The molecule has 2 N–H and O–H groups in total. The first-order valence-corrected chi connectivity index (χ1v) is 12.6. The largest absolute Gasteiger partial charge is 0.351 e. The van der Waals surface area contributed by atoms with E-state index in [9.17, 15) is 4.79 Å². The molecule has 1 amide bonds. The molecule has 0 aliphatic heterocycles. The van der Waals surface area contributed by atoms with Crippen molar-refractivity contribution in [3.8, 4) is 0 Å². The summed E-state index contributed by atoms with van der Waals surface area (Å²) in [6.07, 6.45) is 16.0. The molecule has 1 heterocycles. The van der Waals surface area contributed by atoms with E-state index >= 15 is 0 Å². The van der Waals surface area contributed by atoms with Crippen molar-refractivity contribution in [2.24, 2.45) is 18.4 Å². The van der Waals surface area contributed by atoms with E-state index in [-0.39, 0.29) is 5.91 Å². The van der Waals surface area contributed by atoms with Crippen LogP contribution in [-0.4, -0.2) is 35.1 Å². The molecular weight excluding hydrogens is 420 g/mol. The Morgan fingerprint density at radius 1 is 1.22 bits per heavy atom. The molecule has 5 nitrogen and oxygen atoms in total. The Hall–Kier alpha value is -1.85. The molecule has 1 aromatic heterocycles. The maximum Gasteiger partial charge on any atom is 0.252 e. The molecule has 0 radical (unpaired) electrons. The van der Waals surface area contributed by atoms with Crippen LogP contribution >= 0.6 is 11.6 Å². The third kappa shape index (κ3) is 6.14. The van der Waals surface area contributed by atoms with Crippen LogP contribution < -0.4 is 10.6 Å². The highest BCUT2D eigenvalue weighted by molar-refractivity contribution is 6.33. The van der Waals surface area contributed by atoms with E-state index in [4.69, 9.17) is 11.6 Å². The van der Waals surface area contributed by atoms with Gasteiger partial charge in [-0.2, -0.15) is 0 Å². The van der Waals surface area contributed by atoms with Crippen LogP contribution in [0.2, 0.25) is 5.02 Å². The van der Waals surface area contributed by atoms with Crippen molar-refractivity contribution in [2.45, 2.75) is 64.2 Å². The fourth-order valence-corrected chi connectivity index (χ4v) is 5.89. The van der Waals surface area contributed by atoms with Crippen LogP contribution in [0.1, 0.15) is 73.0 Å². The highest BCUT2D eigenvalue weighted by atomic mass is 35.5. The smallest absolute Gasteiger partial charge is 0.252 e. The second-order valence-electron chi connectivity index (χ2n) is 9.99. The average molecular weight is 457 g/mol. The van der Waals surface area contributed by atoms with Crippen molar-refractivity contribution < 1.29 is 4.79 Å². The summed E-state index contributed by atoms with van der Waals surface area (Å²) in [5.41, 5.74) is 3.22. The van der Waals surface area contributed by atoms with Gasteiger partial charge in [-0.05, 0) is 67.7 Å². The molecule has 2 bridgehead atoms. The maximum absolute atomic E-state index is 13.0. The van der Waals surface area contributed by atoms with Gasteiger partial charge in [0.1, 0.15) is 0 Å². The molecule has 2 aliphatic carbocycles. The lowest BCUT2D eigenvalue weighted by Gasteiger charge is -2.45. The lowest BCUT2D eigenvalue weighted by molar-refractivity contribution is 0.0682. The Labute approximate surface area is 197 Å². The number of aryl methyl sites for hydroxylation is 2. The molecule has 2 fully saturated rings. The second kappa shape index (κ2) is 10.8. The first-order chi connectivity index (χ1) is 15.5. The fourth-order valence-electron chi connectivity index (χ4n) is 5.69. The van der Waals surface area contributed by atoms with Crippen molar-refractivity contribution in [1.82, 2.24) is 20.2 Å². The summed E-state index contributed by atoms with van der Waals surface area (Å²) in [6.45, 7) is 2.66. The Morgan fingerprint density at radius 2 is 2.03 bits per heavy atom. The molecule has 4 rings (SSSR count). The first kappa shape index (κ1) is 23.3. The molecule has 1 aromatic carbocycles. The highest BCUT2D eigenvalue weighted by Gasteiger charge is 2.39. The molecule has 0 spiro atoms. The summed E-state index contributed by atoms with van der Waals surface area (Å²) in [6, 6.07) is 5.89. The summed E-state index contributed by atoms with van der Waals surface area (Å²) in [5.74, 6) is 0.853. The third-order valence-corrected chi connectivity index (χ3v) is 7.72. The van der Waals surface area contributed by atoms with Crippen LogP contribution in [0.15, 0.2) is 30.7 Å². The van der Waals surface area contributed by atoms with Crippen LogP contribution in [0.3, 0.4) is 0 Å². The lowest BCUT2D eigenvalue weighted by Crippen LogP contribution is -2.43. The number of nitrogens with one attached hydrogen (secondary N) is 2. The Kier molecular flexibility index (Phi) is 7.90. The Balaban J connectivity index is 1.22. The summed E-state index contributed by atoms with van der Waals surface area (Å²) in [5, 5.41) is 7.27.